The quantitative estimate of drug-likeness (QED) is 0.927. The third-order valence-electron chi connectivity index (χ3n) is 3.49. The normalized spacial score (nSPS) is 19.8. The van der Waals surface area contributed by atoms with Crippen molar-refractivity contribution in [3.05, 3.63) is 47.9 Å². The Morgan fingerprint density at radius 2 is 1.96 bits per heavy atom. The smallest absolute Gasteiger partial charge is 0.471 e. The summed E-state index contributed by atoms with van der Waals surface area (Å²) in [6, 6.07) is 6.17. The van der Waals surface area contributed by atoms with Gasteiger partial charge in [-0.1, -0.05) is 29.4 Å². The van der Waals surface area contributed by atoms with Crippen molar-refractivity contribution in [1.82, 2.24) is 10.1 Å². The van der Waals surface area contributed by atoms with Crippen LogP contribution in [-0.2, 0) is 17.4 Å². The van der Waals surface area contributed by atoms with E-state index in [-0.39, 0.29) is 12.2 Å². The molecule has 6 nitrogen and oxygen atoms in total. The van der Waals surface area contributed by atoms with E-state index in [1.54, 1.807) is 18.2 Å². The van der Waals surface area contributed by atoms with E-state index in [4.69, 9.17) is 0 Å². The molecule has 3 rings (SSSR count). The molecule has 0 bridgehead atoms. The molecular weight excluding hydrogens is 327 g/mol. The SMILES string of the molecule is O=C(O)C1(Cc2ccc(-c3noc(C(F)(F)F)n3)cc2)C=CC=N1. The van der Waals surface area contributed by atoms with Crippen molar-refractivity contribution in [3.8, 4) is 11.4 Å². The molecule has 9 heteroatoms. The Labute approximate surface area is 133 Å². The van der Waals surface area contributed by atoms with Gasteiger partial charge in [0.15, 0.2) is 5.54 Å². The van der Waals surface area contributed by atoms with Crippen LogP contribution in [0.25, 0.3) is 11.4 Å². The Hall–Kier alpha value is -2.97. The van der Waals surface area contributed by atoms with Crippen molar-refractivity contribution in [2.45, 2.75) is 18.1 Å². The molecule has 2 heterocycles. The fourth-order valence-electron chi connectivity index (χ4n) is 2.27. The number of allylic oxidation sites excluding steroid dienone is 1. The second-order valence-electron chi connectivity index (χ2n) is 5.16. The minimum Gasteiger partial charge on any atom is -0.479 e. The summed E-state index contributed by atoms with van der Waals surface area (Å²) in [6.07, 6.45) is -0.124. The van der Waals surface area contributed by atoms with Crippen LogP contribution in [0.15, 0.2) is 45.9 Å². The van der Waals surface area contributed by atoms with E-state index in [1.807, 2.05) is 0 Å². The second kappa shape index (κ2) is 5.59. The molecule has 0 fully saturated rings. The Balaban J connectivity index is 1.81. The molecule has 24 heavy (non-hydrogen) atoms. The third kappa shape index (κ3) is 2.92. The maximum atomic E-state index is 12.5. The van der Waals surface area contributed by atoms with Crippen LogP contribution >= 0.6 is 0 Å². The van der Waals surface area contributed by atoms with Crippen LogP contribution < -0.4 is 0 Å². The zero-order valence-corrected chi connectivity index (χ0v) is 12.0. The maximum absolute atomic E-state index is 12.5. The van der Waals surface area contributed by atoms with Crippen LogP contribution in [0.2, 0.25) is 0 Å². The molecule has 1 unspecified atom stereocenters. The molecule has 1 aliphatic heterocycles. The van der Waals surface area contributed by atoms with Crippen LogP contribution in [0.5, 0.6) is 0 Å². The molecule has 2 aromatic rings. The minimum atomic E-state index is -4.70. The second-order valence-corrected chi connectivity index (χ2v) is 5.16. The van der Waals surface area contributed by atoms with Crippen molar-refractivity contribution < 1.29 is 27.6 Å². The average Bonchev–Trinajstić information content (AvgIpc) is 3.17. The first-order valence-electron chi connectivity index (χ1n) is 6.77. The molecule has 1 N–H and O–H groups in total. The van der Waals surface area contributed by atoms with Crippen molar-refractivity contribution >= 4 is 12.2 Å². The molecule has 1 aromatic heterocycles. The Morgan fingerprint density at radius 1 is 1.25 bits per heavy atom. The standard InChI is InChI=1S/C15H10F3N3O3/c16-15(17,18)12-20-11(21-24-12)10-4-2-9(3-5-10)8-14(13(22)23)6-1-7-19-14/h1-7H,8H2,(H,22,23). The van der Waals surface area contributed by atoms with Crippen LogP contribution in [0.4, 0.5) is 13.2 Å². The number of aliphatic carboxylic acids is 1. The number of rotatable bonds is 4. The molecule has 0 amide bonds. The summed E-state index contributed by atoms with van der Waals surface area (Å²) >= 11 is 0. The highest BCUT2D eigenvalue weighted by Gasteiger charge is 2.39. The first-order valence-corrected chi connectivity index (χ1v) is 6.77. The highest BCUT2D eigenvalue weighted by Crippen LogP contribution is 2.30. The predicted molar refractivity (Wildman–Crippen MR) is 76.4 cm³/mol. The number of alkyl halides is 3. The number of hydrogen-bond donors (Lipinski definition) is 1. The van der Waals surface area contributed by atoms with Gasteiger partial charge in [-0.25, -0.2) is 4.79 Å². The van der Waals surface area contributed by atoms with Gasteiger partial charge in [0.2, 0.25) is 5.82 Å². The van der Waals surface area contributed by atoms with Crippen LogP contribution in [0.1, 0.15) is 11.5 Å². The monoisotopic (exact) mass is 337 g/mol. The largest absolute Gasteiger partial charge is 0.479 e. The lowest BCUT2D eigenvalue weighted by atomic mass is 9.91. The summed E-state index contributed by atoms with van der Waals surface area (Å²) in [5.74, 6) is -2.69. The van der Waals surface area contributed by atoms with E-state index in [0.717, 1.165) is 0 Å². The number of benzene rings is 1. The molecule has 0 spiro atoms. The molecule has 0 radical (unpaired) electrons. The number of carboxylic acids is 1. The number of nitrogens with zero attached hydrogens (tertiary/aromatic N) is 3. The van der Waals surface area contributed by atoms with Gasteiger partial charge < -0.3 is 9.63 Å². The number of carbonyl (C=O) groups is 1. The van der Waals surface area contributed by atoms with Crippen LogP contribution in [0, 0.1) is 0 Å². The van der Waals surface area contributed by atoms with Gasteiger partial charge >= 0.3 is 18.0 Å². The maximum Gasteiger partial charge on any atom is 0.471 e. The van der Waals surface area contributed by atoms with E-state index in [9.17, 15) is 23.1 Å². The van der Waals surface area contributed by atoms with E-state index >= 15 is 0 Å². The summed E-state index contributed by atoms with van der Waals surface area (Å²) in [7, 11) is 0. The number of hydrogen-bond acceptors (Lipinski definition) is 5. The van der Waals surface area contributed by atoms with Gasteiger partial charge in [0, 0.05) is 18.2 Å². The van der Waals surface area contributed by atoms with Gasteiger partial charge in [-0.2, -0.15) is 18.2 Å². The first-order chi connectivity index (χ1) is 11.3. The van der Waals surface area contributed by atoms with E-state index in [0.29, 0.717) is 11.1 Å². The number of carboxylic acid groups (broad SMARTS) is 1. The van der Waals surface area contributed by atoms with Gasteiger partial charge in [-0.3, -0.25) is 4.99 Å². The zero-order chi connectivity index (χ0) is 17.4. The fourth-order valence-corrected chi connectivity index (χ4v) is 2.27. The zero-order valence-electron chi connectivity index (χ0n) is 12.0. The lowest BCUT2D eigenvalue weighted by Crippen LogP contribution is -2.35. The van der Waals surface area contributed by atoms with Crippen LogP contribution in [0.3, 0.4) is 0 Å². The topological polar surface area (TPSA) is 88.6 Å². The summed E-state index contributed by atoms with van der Waals surface area (Å²) < 4.78 is 41.5. The third-order valence-corrected chi connectivity index (χ3v) is 3.49. The van der Waals surface area contributed by atoms with Crippen LogP contribution in [-0.4, -0.2) is 33.0 Å². The Bertz CT molecular complexity index is 810. The highest BCUT2D eigenvalue weighted by atomic mass is 19.4. The molecule has 1 aromatic carbocycles. The fraction of sp³-hybridized carbons (Fsp3) is 0.200. The predicted octanol–water partition coefficient (Wildman–Crippen LogP) is 2.76. The van der Waals surface area contributed by atoms with E-state index in [1.165, 1.54) is 24.4 Å². The highest BCUT2D eigenvalue weighted by molar-refractivity contribution is 5.90. The molecule has 0 aliphatic carbocycles. The van der Waals surface area contributed by atoms with E-state index < -0.39 is 23.6 Å². The minimum absolute atomic E-state index is 0.121. The van der Waals surface area contributed by atoms with Crippen molar-refractivity contribution in [1.29, 1.82) is 0 Å². The van der Waals surface area contributed by atoms with Crippen molar-refractivity contribution in [3.63, 3.8) is 0 Å². The average molecular weight is 337 g/mol. The lowest BCUT2D eigenvalue weighted by Gasteiger charge is -2.18. The van der Waals surface area contributed by atoms with Crippen molar-refractivity contribution in [2.75, 3.05) is 0 Å². The summed E-state index contributed by atoms with van der Waals surface area (Å²) in [6.45, 7) is 0. The number of halogens is 3. The van der Waals surface area contributed by atoms with Gasteiger partial charge in [0.25, 0.3) is 0 Å². The molecule has 0 saturated heterocycles. The van der Waals surface area contributed by atoms with E-state index in [2.05, 4.69) is 19.7 Å². The molecule has 124 valence electrons. The number of aliphatic imine (C=N–C) groups is 1. The molecule has 1 aliphatic rings. The van der Waals surface area contributed by atoms with Crippen molar-refractivity contribution in [2.24, 2.45) is 4.99 Å². The number of aromatic nitrogens is 2. The Kier molecular flexibility index (Phi) is 3.70. The first kappa shape index (κ1) is 15.9. The van der Waals surface area contributed by atoms with Gasteiger partial charge in [-0.05, 0) is 17.7 Å². The summed E-state index contributed by atoms with van der Waals surface area (Å²) in [5, 5.41) is 12.6. The molecule has 1 atom stereocenters. The molecule has 0 saturated carbocycles. The van der Waals surface area contributed by atoms with Gasteiger partial charge in [0.05, 0.1) is 0 Å². The lowest BCUT2D eigenvalue weighted by molar-refractivity contribution is -0.159. The Morgan fingerprint density at radius 3 is 2.46 bits per heavy atom. The van der Waals surface area contributed by atoms with Gasteiger partial charge in [-0.15, -0.1) is 0 Å². The molecular formula is C15H10F3N3O3. The summed E-state index contributed by atoms with van der Waals surface area (Å²) in [5.41, 5.74) is -0.367. The summed E-state index contributed by atoms with van der Waals surface area (Å²) in [4.78, 5) is 18.7. The van der Waals surface area contributed by atoms with Gasteiger partial charge in [0.1, 0.15) is 0 Å².